The van der Waals surface area contributed by atoms with E-state index in [0.717, 1.165) is 10.4 Å². The number of thiophene rings is 1. The molecule has 1 heterocycles. The van der Waals surface area contributed by atoms with Gasteiger partial charge in [0.05, 0.1) is 4.32 Å². The van der Waals surface area contributed by atoms with Gasteiger partial charge in [0.1, 0.15) is 4.21 Å². The Bertz CT molecular complexity index is 568. The van der Waals surface area contributed by atoms with Crippen LogP contribution in [0.5, 0.6) is 0 Å². The molecule has 2 rings (SSSR count). The van der Waals surface area contributed by atoms with Gasteiger partial charge in [-0.1, -0.05) is 34.2 Å². The summed E-state index contributed by atoms with van der Waals surface area (Å²) in [6.45, 7) is 2.03. The summed E-state index contributed by atoms with van der Waals surface area (Å²) in [5.74, 6) is 0. The Hall–Kier alpha value is 0.300. The number of rotatable bonds is 2. The van der Waals surface area contributed by atoms with Gasteiger partial charge in [0, 0.05) is 27.7 Å². The van der Waals surface area contributed by atoms with Crippen LogP contribution in [0.4, 0.5) is 0 Å². The number of sulfonamides is 1. The predicted octanol–water partition coefficient (Wildman–Crippen LogP) is 3.57. The lowest BCUT2D eigenvalue weighted by atomic mass is 10.1. The van der Waals surface area contributed by atoms with E-state index in [1.165, 1.54) is 11.3 Å². The third-order valence-corrected chi connectivity index (χ3v) is 7.22. The summed E-state index contributed by atoms with van der Waals surface area (Å²) in [4.78, 5) is 0.953. The molecule has 1 aliphatic carbocycles. The van der Waals surface area contributed by atoms with E-state index in [2.05, 4.69) is 18.9 Å². The molecule has 7 heteroatoms. The van der Waals surface area contributed by atoms with E-state index in [-0.39, 0.29) is 4.32 Å². The van der Waals surface area contributed by atoms with Gasteiger partial charge in [0.25, 0.3) is 10.0 Å². The van der Waals surface area contributed by atoms with Crippen LogP contribution in [0.2, 0.25) is 0 Å². The molecule has 1 aromatic rings. The highest BCUT2D eigenvalue weighted by Crippen LogP contribution is 2.34. The third-order valence-electron chi connectivity index (χ3n) is 2.28. The van der Waals surface area contributed by atoms with E-state index >= 15 is 0 Å². The number of hydrogen-bond donors (Lipinski definition) is 1. The summed E-state index contributed by atoms with van der Waals surface area (Å²) < 4.78 is 25.8. The van der Waals surface area contributed by atoms with E-state index in [1.54, 1.807) is 28.9 Å². The van der Waals surface area contributed by atoms with Crippen LogP contribution in [-0.2, 0) is 10.0 Å². The van der Waals surface area contributed by atoms with E-state index in [9.17, 15) is 8.42 Å². The first-order valence-corrected chi connectivity index (χ1v) is 8.85. The van der Waals surface area contributed by atoms with Crippen molar-refractivity contribution in [1.82, 2.24) is 2.94 Å². The molecule has 1 atom stereocenters. The second-order valence-corrected chi connectivity index (χ2v) is 9.76. The first-order chi connectivity index (χ1) is 7.84. The van der Waals surface area contributed by atoms with Crippen LogP contribution >= 0.6 is 50.1 Å². The Morgan fingerprint density at radius 3 is 2.71 bits per heavy atom. The Kier molecular flexibility index (Phi) is 3.85. The van der Waals surface area contributed by atoms with Crippen molar-refractivity contribution < 1.29 is 8.42 Å². The van der Waals surface area contributed by atoms with E-state index in [1.807, 2.05) is 31.2 Å². The average Bonchev–Trinajstić information content (AvgIpc) is 2.62. The second-order valence-electron chi connectivity index (χ2n) is 3.78. The van der Waals surface area contributed by atoms with E-state index in [0.29, 0.717) is 4.21 Å². The summed E-state index contributed by atoms with van der Waals surface area (Å²) >= 11 is 6.46. The first-order valence-electron chi connectivity index (χ1n) is 4.68. The number of alkyl halides is 1. The zero-order chi connectivity index (χ0) is 12.7. The van der Waals surface area contributed by atoms with Gasteiger partial charge in [0.15, 0.2) is 0 Å². The van der Waals surface area contributed by atoms with Crippen molar-refractivity contribution in [1.29, 1.82) is 0 Å². The fourth-order valence-corrected chi connectivity index (χ4v) is 4.77. The van der Waals surface area contributed by atoms with Crippen LogP contribution in [0.1, 0.15) is 17.4 Å². The highest BCUT2D eigenvalue weighted by Gasteiger charge is 2.20. The van der Waals surface area contributed by atoms with Crippen molar-refractivity contribution in [2.24, 2.45) is 0 Å². The van der Waals surface area contributed by atoms with Crippen molar-refractivity contribution in [3.63, 3.8) is 0 Å². The Morgan fingerprint density at radius 2 is 2.06 bits per heavy atom. The SMILES string of the molecule is CC1(Br)C=Cc2cc(S(=O)(=O)NI)sc2C=C1. The number of halogens is 2. The molecule has 3 nitrogen and oxygen atoms in total. The first kappa shape index (κ1) is 13.7. The van der Waals surface area contributed by atoms with Crippen molar-refractivity contribution in [2.75, 3.05) is 0 Å². The molecule has 0 bridgehead atoms. The maximum absolute atomic E-state index is 11.7. The zero-order valence-corrected chi connectivity index (χ0v) is 14.2. The number of nitrogens with one attached hydrogen (secondary N) is 1. The smallest absolute Gasteiger partial charge is 0.206 e. The molecule has 0 spiro atoms. The zero-order valence-electron chi connectivity index (χ0n) is 8.78. The van der Waals surface area contributed by atoms with Gasteiger partial charge in [-0.3, -0.25) is 0 Å². The number of hydrogen-bond acceptors (Lipinski definition) is 3. The molecule has 0 aromatic carbocycles. The Morgan fingerprint density at radius 1 is 1.41 bits per heavy atom. The summed E-state index contributed by atoms with van der Waals surface area (Å²) in [6.07, 6.45) is 7.88. The molecule has 0 aliphatic heterocycles. The number of fused-ring (bicyclic) bond motifs is 1. The van der Waals surface area contributed by atoms with Crippen molar-refractivity contribution in [3.05, 3.63) is 28.7 Å². The minimum absolute atomic E-state index is 0.174. The lowest BCUT2D eigenvalue weighted by molar-refractivity contribution is 0.598. The summed E-state index contributed by atoms with van der Waals surface area (Å²) in [5, 5.41) is 0. The fourth-order valence-electron chi connectivity index (χ4n) is 1.37. The molecule has 1 N–H and O–H groups in total. The van der Waals surface area contributed by atoms with Gasteiger partial charge < -0.3 is 0 Å². The lowest BCUT2D eigenvalue weighted by Crippen LogP contribution is -2.10. The highest BCUT2D eigenvalue weighted by molar-refractivity contribution is 14.1. The molecule has 17 heavy (non-hydrogen) atoms. The molecule has 0 saturated carbocycles. The number of allylic oxidation sites excluding steroid dienone is 2. The molecular weight excluding hydrogens is 437 g/mol. The van der Waals surface area contributed by atoms with Crippen LogP contribution < -0.4 is 2.94 Å². The molecular formula is C10H9BrINO2S2. The molecule has 1 aromatic heterocycles. The van der Waals surface area contributed by atoms with Crippen molar-refractivity contribution in [3.8, 4) is 0 Å². The maximum atomic E-state index is 11.7. The summed E-state index contributed by atoms with van der Waals surface area (Å²) in [5.41, 5.74) is 0.930. The van der Waals surface area contributed by atoms with Crippen LogP contribution in [0.25, 0.3) is 12.2 Å². The van der Waals surface area contributed by atoms with Gasteiger partial charge in [-0.15, -0.1) is 11.3 Å². The van der Waals surface area contributed by atoms with Crippen LogP contribution in [-0.4, -0.2) is 12.7 Å². The quantitative estimate of drug-likeness (QED) is 0.429. The predicted molar refractivity (Wildman–Crippen MR) is 84.1 cm³/mol. The van der Waals surface area contributed by atoms with Gasteiger partial charge in [-0.2, -0.15) is 2.94 Å². The Balaban J connectivity index is 2.49. The monoisotopic (exact) mass is 445 g/mol. The average molecular weight is 446 g/mol. The van der Waals surface area contributed by atoms with Gasteiger partial charge >= 0.3 is 0 Å². The Labute approximate surface area is 127 Å². The standard InChI is InChI=1S/C10H9BrINO2S2/c1-10(11)4-2-7-6-9(17(14,15)13-12)16-8(7)3-5-10/h2-6,13H,1H3. The van der Waals surface area contributed by atoms with E-state index < -0.39 is 10.0 Å². The van der Waals surface area contributed by atoms with Gasteiger partial charge in [-0.05, 0) is 24.6 Å². The largest absolute Gasteiger partial charge is 0.258 e. The maximum Gasteiger partial charge on any atom is 0.258 e. The summed E-state index contributed by atoms with van der Waals surface area (Å²) in [6, 6.07) is 1.69. The molecule has 92 valence electrons. The molecule has 0 radical (unpaired) electrons. The topological polar surface area (TPSA) is 46.2 Å². The third kappa shape index (κ3) is 3.01. The summed E-state index contributed by atoms with van der Waals surface area (Å²) in [7, 11) is -3.36. The molecule has 0 saturated heterocycles. The molecule has 0 fully saturated rings. The fraction of sp³-hybridized carbons (Fsp3) is 0.200. The second kappa shape index (κ2) is 4.76. The molecule has 1 aliphatic rings. The van der Waals surface area contributed by atoms with Crippen molar-refractivity contribution >= 4 is 72.3 Å². The van der Waals surface area contributed by atoms with Gasteiger partial charge in [-0.25, -0.2) is 8.42 Å². The van der Waals surface area contributed by atoms with Crippen LogP contribution in [0, 0.1) is 0 Å². The minimum Gasteiger partial charge on any atom is -0.206 e. The molecule has 0 amide bonds. The highest BCUT2D eigenvalue weighted by atomic mass is 127. The molecule has 1 unspecified atom stereocenters. The minimum atomic E-state index is -3.36. The van der Waals surface area contributed by atoms with Crippen LogP contribution in [0.15, 0.2) is 22.4 Å². The van der Waals surface area contributed by atoms with E-state index in [4.69, 9.17) is 0 Å². The van der Waals surface area contributed by atoms with Crippen molar-refractivity contribution in [2.45, 2.75) is 15.5 Å². The lowest BCUT2D eigenvalue weighted by Gasteiger charge is -2.09. The van der Waals surface area contributed by atoms with Gasteiger partial charge in [0.2, 0.25) is 0 Å². The normalized spacial score (nSPS) is 23.5. The van der Waals surface area contributed by atoms with Crippen LogP contribution in [0.3, 0.4) is 0 Å².